The van der Waals surface area contributed by atoms with Crippen molar-refractivity contribution in [3.05, 3.63) is 35.5 Å². The van der Waals surface area contributed by atoms with Gasteiger partial charge in [0.15, 0.2) is 0 Å². The third kappa shape index (κ3) is 4.16. The first kappa shape index (κ1) is 20.6. The SMILES string of the molecule is Cc1[nH]c2ccccc2c1[C@H](C1CCCCC1)N1CCNCC1.Cl.Cl. The van der Waals surface area contributed by atoms with Gasteiger partial charge in [-0.1, -0.05) is 37.5 Å². The molecule has 5 heteroatoms. The molecule has 0 unspecified atom stereocenters. The second-order valence-corrected chi connectivity index (χ2v) is 7.34. The Labute approximate surface area is 163 Å². The summed E-state index contributed by atoms with van der Waals surface area (Å²) >= 11 is 0. The molecule has 1 atom stereocenters. The number of aryl methyl sites for hydroxylation is 1. The minimum atomic E-state index is 0. The zero-order chi connectivity index (χ0) is 15.6. The Morgan fingerprint density at radius 3 is 2.40 bits per heavy atom. The summed E-state index contributed by atoms with van der Waals surface area (Å²) in [6, 6.07) is 9.46. The molecule has 1 aliphatic heterocycles. The van der Waals surface area contributed by atoms with Gasteiger partial charge >= 0.3 is 0 Å². The number of benzene rings is 1. The van der Waals surface area contributed by atoms with Gasteiger partial charge in [-0.05, 0) is 37.3 Å². The molecular formula is C20H31Cl2N3. The molecule has 2 N–H and O–H groups in total. The lowest BCUT2D eigenvalue weighted by molar-refractivity contribution is 0.104. The molecule has 25 heavy (non-hydrogen) atoms. The van der Waals surface area contributed by atoms with Gasteiger partial charge in [-0.15, -0.1) is 24.8 Å². The van der Waals surface area contributed by atoms with Crippen LogP contribution in [0.2, 0.25) is 0 Å². The number of hydrogen-bond donors (Lipinski definition) is 2. The molecule has 2 aromatic rings. The summed E-state index contributed by atoms with van der Waals surface area (Å²) < 4.78 is 0. The van der Waals surface area contributed by atoms with Crippen LogP contribution in [-0.4, -0.2) is 36.1 Å². The van der Waals surface area contributed by atoms with E-state index < -0.39 is 0 Å². The second kappa shape index (κ2) is 9.27. The predicted octanol–water partition coefficient (Wildman–Crippen LogP) is 4.85. The molecule has 2 aliphatic rings. The van der Waals surface area contributed by atoms with Gasteiger partial charge in [0.1, 0.15) is 0 Å². The van der Waals surface area contributed by atoms with Crippen molar-refractivity contribution >= 4 is 35.7 Å². The standard InChI is InChI=1S/C20H29N3.2ClH/c1-15-19(17-9-5-6-10-18(17)22-15)20(16-7-3-2-4-8-16)23-13-11-21-12-14-23;;/h5-6,9-10,16,20-22H,2-4,7-8,11-14H2,1H3;2*1H/t20-;;/m0../s1. The highest BCUT2D eigenvalue weighted by molar-refractivity contribution is 5.86. The summed E-state index contributed by atoms with van der Waals surface area (Å²) in [5, 5.41) is 4.96. The van der Waals surface area contributed by atoms with Gasteiger partial charge in [-0.3, -0.25) is 4.90 Å². The first-order chi connectivity index (χ1) is 11.3. The number of nitrogens with one attached hydrogen (secondary N) is 2. The van der Waals surface area contributed by atoms with Crippen LogP contribution < -0.4 is 5.32 Å². The number of halogens is 2. The molecule has 0 spiro atoms. The summed E-state index contributed by atoms with van der Waals surface area (Å²) in [6.07, 6.45) is 7.04. The normalized spacial score (nSPS) is 20.7. The molecule has 1 saturated heterocycles. The fraction of sp³-hybridized carbons (Fsp3) is 0.600. The highest BCUT2D eigenvalue weighted by atomic mass is 35.5. The lowest BCUT2D eigenvalue weighted by Gasteiger charge is -2.41. The number of hydrogen-bond acceptors (Lipinski definition) is 2. The summed E-state index contributed by atoms with van der Waals surface area (Å²) in [6.45, 7) is 6.89. The zero-order valence-electron chi connectivity index (χ0n) is 15.1. The average molecular weight is 384 g/mol. The summed E-state index contributed by atoms with van der Waals surface area (Å²) in [7, 11) is 0. The van der Waals surface area contributed by atoms with E-state index in [-0.39, 0.29) is 24.8 Å². The number of aromatic amines is 1. The largest absolute Gasteiger partial charge is 0.358 e. The molecule has 1 saturated carbocycles. The van der Waals surface area contributed by atoms with Crippen molar-refractivity contribution in [3.63, 3.8) is 0 Å². The summed E-state index contributed by atoms with van der Waals surface area (Å²) in [5.41, 5.74) is 4.26. The number of piperazine rings is 1. The molecule has 3 nitrogen and oxygen atoms in total. The first-order valence-electron chi connectivity index (χ1n) is 9.36. The Morgan fingerprint density at radius 2 is 1.68 bits per heavy atom. The molecular weight excluding hydrogens is 353 g/mol. The van der Waals surface area contributed by atoms with E-state index in [4.69, 9.17) is 0 Å². The smallest absolute Gasteiger partial charge is 0.0459 e. The lowest BCUT2D eigenvalue weighted by Crippen LogP contribution is -2.47. The third-order valence-corrected chi connectivity index (χ3v) is 5.88. The van der Waals surface area contributed by atoms with Crippen LogP contribution in [-0.2, 0) is 0 Å². The Kier molecular flexibility index (Phi) is 7.63. The van der Waals surface area contributed by atoms with Crippen LogP contribution in [0.1, 0.15) is 49.4 Å². The molecule has 1 aromatic heterocycles. The Hall–Kier alpha value is -0.740. The van der Waals surface area contributed by atoms with E-state index in [0.29, 0.717) is 6.04 Å². The minimum absolute atomic E-state index is 0. The fourth-order valence-corrected chi connectivity index (χ4v) is 4.81. The van der Waals surface area contributed by atoms with Crippen molar-refractivity contribution < 1.29 is 0 Å². The van der Waals surface area contributed by atoms with Crippen molar-refractivity contribution in [1.82, 2.24) is 15.2 Å². The molecule has 1 aliphatic carbocycles. The van der Waals surface area contributed by atoms with E-state index in [1.54, 1.807) is 5.56 Å². The Bertz CT molecular complexity index is 640. The molecule has 2 heterocycles. The van der Waals surface area contributed by atoms with Gasteiger partial charge in [0, 0.05) is 48.8 Å². The quantitative estimate of drug-likeness (QED) is 0.793. The first-order valence-corrected chi connectivity index (χ1v) is 9.36. The monoisotopic (exact) mass is 383 g/mol. The minimum Gasteiger partial charge on any atom is -0.358 e. The van der Waals surface area contributed by atoms with E-state index in [0.717, 1.165) is 19.0 Å². The van der Waals surface area contributed by atoms with Crippen molar-refractivity contribution in [3.8, 4) is 0 Å². The number of rotatable bonds is 3. The maximum Gasteiger partial charge on any atom is 0.0459 e. The zero-order valence-corrected chi connectivity index (χ0v) is 16.7. The van der Waals surface area contributed by atoms with Crippen LogP contribution in [0.4, 0.5) is 0 Å². The van der Waals surface area contributed by atoms with Crippen LogP contribution in [0.15, 0.2) is 24.3 Å². The maximum absolute atomic E-state index is 3.64. The van der Waals surface area contributed by atoms with Gasteiger partial charge in [0.2, 0.25) is 0 Å². The molecule has 2 fully saturated rings. The predicted molar refractivity (Wildman–Crippen MR) is 111 cm³/mol. The molecule has 0 amide bonds. The average Bonchev–Trinajstić information content (AvgIpc) is 2.94. The van der Waals surface area contributed by atoms with Crippen LogP contribution in [0.3, 0.4) is 0 Å². The highest BCUT2D eigenvalue weighted by Crippen LogP contribution is 2.42. The van der Waals surface area contributed by atoms with Gasteiger partial charge in [0.05, 0.1) is 0 Å². The lowest BCUT2D eigenvalue weighted by atomic mass is 9.79. The van der Waals surface area contributed by atoms with Gasteiger partial charge in [-0.2, -0.15) is 0 Å². The van der Waals surface area contributed by atoms with Gasteiger partial charge in [0.25, 0.3) is 0 Å². The molecule has 4 rings (SSSR count). The maximum atomic E-state index is 3.64. The summed E-state index contributed by atoms with van der Waals surface area (Å²) in [4.78, 5) is 6.40. The van der Waals surface area contributed by atoms with Crippen LogP contribution >= 0.6 is 24.8 Å². The molecule has 0 bridgehead atoms. The van der Waals surface area contributed by atoms with Gasteiger partial charge < -0.3 is 10.3 Å². The van der Waals surface area contributed by atoms with E-state index in [2.05, 4.69) is 46.4 Å². The molecule has 140 valence electrons. The highest BCUT2D eigenvalue weighted by Gasteiger charge is 2.33. The number of para-hydroxylation sites is 1. The molecule has 0 radical (unpaired) electrons. The van der Waals surface area contributed by atoms with E-state index in [1.807, 2.05) is 0 Å². The van der Waals surface area contributed by atoms with E-state index >= 15 is 0 Å². The fourth-order valence-electron chi connectivity index (χ4n) is 4.81. The second-order valence-electron chi connectivity index (χ2n) is 7.34. The molecule has 1 aromatic carbocycles. The van der Waals surface area contributed by atoms with E-state index in [9.17, 15) is 0 Å². The topological polar surface area (TPSA) is 31.1 Å². The number of fused-ring (bicyclic) bond motifs is 1. The van der Waals surface area contributed by atoms with Crippen LogP contribution in [0.25, 0.3) is 10.9 Å². The number of H-pyrrole nitrogens is 1. The number of aromatic nitrogens is 1. The van der Waals surface area contributed by atoms with Crippen molar-refractivity contribution in [2.75, 3.05) is 26.2 Å². The van der Waals surface area contributed by atoms with Crippen molar-refractivity contribution in [1.29, 1.82) is 0 Å². The van der Waals surface area contributed by atoms with Gasteiger partial charge in [-0.25, -0.2) is 0 Å². The van der Waals surface area contributed by atoms with Crippen LogP contribution in [0, 0.1) is 12.8 Å². The van der Waals surface area contributed by atoms with Crippen molar-refractivity contribution in [2.24, 2.45) is 5.92 Å². The van der Waals surface area contributed by atoms with Crippen LogP contribution in [0.5, 0.6) is 0 Å². The summed E-state index contributed by atoms with van der Waals surface area (Å²) in [5.74, 6) is 0.819. The number of nitrogens with zero attached hydrogens (tertiary/aromatic N) is 1. The van der Waals surface area contributed by atoms with Crippen molar-refractivity contribution in [2.45, 2.75) is 45.1 Å². The Balaban J connectivity index is 0.00000113. The Morgan fingerprint density at radius 1 is 1.00 bits per heavy atom. The van der Waals surface area contributed by atoms with E-state index in [1.165, 1.54) is 61.8 Å². The third-order valence-electron chi connectivity index (χ3n) is 5.88.